The van der Waals surface area contributed by atoms with Crippen LogP contribution in [0.25, 0.3) is 0 Å². The van der Waals surface area contributed by atoms with Crippen LogP contribution in [0.15, 0.2) is 35.6 Å². The molecule has 0 aliphatic carbocycles. The van der Waals surface area contributed by atoms with Gasteiger partial charge in [0.1, 0.15) is 17.8 Å². The minimum absolute atomic E-state index is 0.0674. The van der Waals surface area contributed by atoms with Gasteiger partial charge in [0.2, 0.25) is 0 Å². The molecule has 1 saturated heterocycles. The highest BCUT2D eigenvalue weighted by Gasteiger charge is 2.34. The van der Waals surface area contributed by atoms with Crippen LogP contribution < -0.4 is 5.01 Å². The van der Waals surface area contributed by atoms with E-state index in [1.54, 1.807) is 29.2 Å². The molecule has 0 saturated carbocycles. The van der Waals surface area contributed by atoms with Gasteiger partial charge in [0.25, 0.3) is 11.8 Å². The Hall–Kier alpha value is -3.64. The van der Waals surface area contributed by atoms with Gasteiger partial charge in [-0.15, -0.1) is 0 Å². The van der Waals surface area contributed by atoms with Crippen LogP contribution in [0.5, 0.6) is 0 Å². The van der Waals surface area contributed by atoms with Crippen molar-refractivity contribution in [3.63, 3.8) is 0 Å². The lowest BCUT2D eigenvalue weighted by Crippen LogP contribution is -2.52. The monoisotopic (exact) mass is 434 g/mol. The lowest BCUT2D eigenvalue weighted by atomic mass is 9.93. The summed E-state index contributed by atoms with van der Waals surface area (Å²) in [6.45, 7) is 5.72. The average molecular weight is 434 g/mol. The molecule has 1 unspecified atom stereocenters. The summed E-state index contributed by atoms with van der Waals surface area (Å²) in [6, 6.07) is 8.22. The number of carbonyl (C=O) groups excluding carboxylic acids is 2. The summed E-state index contributed by atoms with van der Waals surface area (Å²) in [4.78, 5) is 34.0. The van der Waals surface area contributed by atoms with E-state index in [0.29, 0.717) is 24.2 Å². The number of amides is 2. The molecule has 1 aromatic heterocycles. The van der Waals surface area contributed by atoms with Crippen molar-refractivity contribution in [1.82, 2.24) is 14.8 Å². The molecule has 0 spiro atoms. The fourth-order valence-electron chi connectivity index (χ4n) is 3.95. The molecular weight excluding hydrogens is 411 g/mol. The Morgan fingerprint density at radius 3 is 2.69 bits per heavy atom. The molecule has 0 N–H and O–H groups in total. The molecule has 9 heteroatoms. The Morgan fingerprint density at radius 2 is 2.03 bits per heavy atom. The molecule has 164 valence electrons. The average Bonchev–Trinajstić information content (AvgIpc) is 3.18. The highest BCUT2D eigenvalue weighted by molar-refractivity contribution is 6.12. The highest BCUT2D eigenvalue weighted by Crippen LogP contribution is 2.30. The van der Waals surface area contributed by atoms with E-state index in [1.165, 1.54) is 25.4 Å². The van der Waals surface area contributed by atoms with Crippen LogP contribution in [0.1, 0.15) is 39.9 Å². The summed E-state index contributed by atoms with van der Waals surface area (Å²) >= 11 is 0. The number of hydrogen-bond donors (Lipinski definition) is 0. The van der Waals surface area contributed by atoms with Crippen molar-refractivity contribution in [2.24, 2.45) is 5.10 Å². The molecule has 0 radical (unpaired) electrons. The minimum atomic E-state index is -0.771. The molecule has 3 heterocycles. The zero-order valence-electron chi connectivity index (χ0n) is 18.1. The van der Waals surface area contributed by atoms with E-state index in [4.69, 9.17) is 5.26 Å². The number of likely N-dealkylation sites (N-methyl/N-ethyl adjacent to an activating group) is 1. The number of nitriles is 1. The van der Waals surface area contributed by atoms with Crippen LogP contribution in [0.4, 0.5) is 10.2 Å². The zero-order chi connectivity index (χ0) is 23.0. The van der Waals surface area contributed by atoms with E-state index >= 15 is 0 Å². The van der Waals surface area contributed by atoms with E-state index < -0.39 is 11.7 Å². The van der Waals surface area contributed by atoms with Crippen molar-refractivity contribution in [3.8, 4) is 6.07 Å². The van der Waals surface area contributed by atoms with Gasteiger partial charge in [0, 0.05) is 38.1 Å². The molecule has 2 atom stereocenters. The fraction of sp³-hybridized carbons (Fsp3) is 0.348. The maximum Gasteiger partial charge on any atom is 0.261 e. The SMILES string of the molecule is Cc1c(C2C=NN(c3ccc(C(=O)N4CCN(C)[C@@H](C)C4)cn3)C2=O)ccc(C#N)c1F. The number of rotatable bonds is 3. The molecule has 2 amide bonds. The first-order chi connectivity index (χ1) is 15.3. The topological polar surface area (TPSA) is 92.9 Å². The van der Waals surface area contributed by atoms with Crippen molar-refractivity contribution in [2.45, 2.75) is 25.8 Å². The molecule has 4 rings (SSSR count). The summed E-state index contributed by atoms with van der Waals surface area (Å²) in [7, 11) is 2.04. The standard InChI is InChI=1S/C23H23FN6O2/c1-14-13-29(9-8-28(14)3)22(31)17-5-7-20(26-11-17)30-23(32)19(12-27-30)18-6-4-16(10-25)21(24)15(18)2/h4-7,11-12,14,19H,8-9,13H2,1-3H3/t14-,19?/m0/s1. The van der Waals surface area contributed by atoms with Crippen molar-refractivity contribution in [1.29, 1.82) is 5.26 Å². The number of benzene rings is 1. The van der Waals surface area contributed by atoms with Gasteiger partial charge < -0.3 is 9.80 Å². The number of carbonyl (C=O) groups is 2. The van der Waals surface area contributed by atoms with E-state index in [-0.39, 0.29) is 34.8 Å². The second kappa shape index (κ2) is 8.48. The molecule has 2 aromatic rings. The number of hydrazone groups is 1. The normalized spacial score (nSPS) is 21.2. The van der Waals surface area contributed by atoms with Gasteiger partial charge in [-0.05, 0) is 50.2 Å². The minimum Gasteiger partial charge on any atom is -0.336 e. The van der Waals surface area contributed by atoms with Crippen LogP contribution in [0, 0.1) is 24.1 Å². The van der Waals surface area contributed by atoms with E-state index in [1.807, 2.05) is 7.05 Å². The smallest absolute Gasteiger partial charge is 0.261 e. The van der Waals surface area contributed by atoms with Crippen LogP contribution >= 0.6 is 0 Å². The Kier molecular flexibility index (Phi) is 5.72. The first kappa shape index (κ1) is 21.6. The Morgan fingerprint density at radius 1 is 1.25 bits per heavy atom. The van der Waals surface area contributed by atoms with Gasteiger partial charge in [-0.1, -0.05) is 6.07 Å². The number of piperazine rings is 1. The Labute approximate surface area is 185 Å². The number of hydrogen-bond acceptors (Lipinski definition) is 6. The first-order valence-corrected chi connectivity index (χ1v) is 10.3. The molecule has 2 aliphatic rings. The first-order valence-electron chi connectivity index (χ1n) is 10.3. The van der Waals surface area contributed by atoms with E-state index in [9.17, 15) is 14.0 Å². The van der Waals surface area contributed by atoms with Crippen molar-refractivity contribution >= 4 is 23.8 Å². The summed E-state index contributed by atoms with van der Waals surface area (Å²) in [5, 5.41) is 14.3. The van der Waals surface area contributed by atoms with Crippen LogP contribution in [0.3, 0.4) is 0 Å². The molecule has 32 heavy (non-hydrogen) atoms. The van der Waals surface area contributed by atoms with Gasteiger partial charge in [-0.25, -0.2) is 9.37 Å². The Balaban J connectivity index is 1.50. The number of halogens is 1. The predicted molar refractivity (Wildman–Crippen MR) is 117 cm³/mol. The number of pyridine rings is 1. The second-order valence-corrected chi connectivity index (χ2v) is 8.13. The van der Waals surface area contributed by atoms with Crippen molar-refractivity contribution in [3.05, 3.63) is 58.5 Å². The van der Waals surface area contributed by atoms with Gasteiger partial charge in [-0.3, -0.25) is 9.59 Å². The van der Waals surface area contributed by atoms with Gasteiger partial charge in [0.05, 0.1) is 11.1 Å². The highest BCUT2D eigenvalue weighted by atomic mass is 19.1. The molecular formula is C23H23FN6O2. The quantitative estimate of drug-likeness (QED) is 0.739. The fourth-order valence-corrected chi connectivity index (χ4v) is 3.95. The lowest BCUT2D eigenvalue weighted by molar-refractivity contribution is -0.118. The number of anilines is 1. The lowest BCUT2D eigenvalue weighted by Gasteiger charge is -2.37. The third-order valence-electron chi connectivity index (χ3n) is 6.15. The molecule has 0 bridgehead atoms. The van der Waals surface area contributed by atoms with Gasteiger partial charge >= 0.3 is 0 Å². The third kappa shape index (κ3) is 3.74. The maximum atomic E-state index is 14.3. The molecule has 1 aromatic carbocycles. The summed E-state index contributed by atoms with van der Waals surface area (Å²) in [6.07, 6.45) is 2.88. The number of nitrogens with zero attached hydrogens (tertiary/aromatic N) is 6. The maximum absolute atomic E-state index is 14.3. The van der Waals surface area contributed by atoms with E-state index in [0.717, 1.165) is 11.6 Å². The van der Waals surface area contributed by atoms with Crippen LogP contribution in [0.2, 0.25) is 0 Å². The van der Waals surface area contributed by atoms with Gasteiger partial charge in [-0.2, -0.15) is 15.4 Å². The summed E-state index contributed by atoms with van der Waals surface area (Å²) in [5.74, 6) is -1.60. The zero-order valence-corrected chi connectivity index (χ0v) is 18.1. The van der Waals surface area contributed by atoms with Crippen LogP contribution in [-0.2, 0) is 4.79 Å². The van der Waals surface area contributed by atoms with Crippen molar-refractivity contribution < 1.29 is 14.0 Å². The summed E-state index contributed by atoms with van der Waals surface area (Å²) < 4.78 is 14.3. The summed E-state index contributed by atoms with van der Waals surface area (Å²) in [5.41, 5.74) is 1.07. The third-order valence-corrected chi connectivity index (χ3v) is 6.15. The Bertz CT molecular complexity index is 1140. The number of aromatic nitrogens is 1. The van der Waals surface area contributed by atoms with E-state index in [2.05, 4.69) is 21.9 Å². The second-order valence-electron chi connectivity index (χ2n) is 8.13. The molecule has 2 aliphatic heterocycles. The largest absolute Gasteiger partial charge is 0.336 e. The van der Waals surface area contributed by atoms with Crippen molar-refractivity contribution in [2.75, 3.05) is 31.7 Å². The van der Waals surface area contributed by atoms with Gasteiger partial charge in [0.15, 0.2) is 5.82 Å². The molecule has 1 fully saturated rings. The predicted octanol–water partition coefficient (Wildman–Crippen LogP) is 2.29. The van der Waals surface area contributed by atoms with Crippen LogP contribution in [-0.4, -0.2) is 65.5 Å². The molecule has 8 nitrogen and oxygen atoms in total.